The van der Waals surface area contributed by atoms with Crippen molar-refractivity contribution in [3.8, 4) is 0 Å². The van der Waals surface area contributed by atoms with Gasteiger partial charge in [-0.2, -0.15) is 4.39 Å². The van der Waals surface area contributed by atoms with E-state index in [-0.39, 0.29) is 0 Å². The SMILES string of the molecule is COC(=O)N1CCC[C@@H]1n1cc(F)c(=O)[nH]c1=O. The van der Waals surface area contributed by atoms with Crippen molar-refractivity contribution in [3.63, 3.8) is 0 Å². The van der Waals surface area contributed by atoms with Crippen molar-refractivity contribution < 1.29 is 13.9 Å². The Morgan fingerprint density at radius 3 is 2.94 bits per heavy atom. The number of nitrogens with zero attached hydrogens (tertiary/aromatic N) is 2. The van der Waals surface area contributed by atoms with E-state index in [4.69, 9.17) is 0 Å². The van der Waals surface area contributed by atoms with E-state index >= 15 is 0 Å². The molecule has 1 amide bonds. The van der Waals surface area contributed by atoms with Crippen LogP contribution in [0.5, 0.6) is 0 Å². The summed E-state index contributed by atoms with van der Waals surface area (Å²) in [5.41, 5.74) is -1.82. The molecule has 2 rings (SSSR count). The number of hydrogen-bond donors (Lipinski definition) is 1. The number of H-pyrrole nitrogens is 1. The average Bonchev–Trinajstić information content (AvgIpc) is 2.81. The molecule has 18 heavy (non-hydrogen) atoms. The molecule has 1 saturated heterocycles. The van der Waals surface area contributed by atoms with Crippen molar-refractivity contribution in [2.75, 3.05) is 13.7 Å². The van der Waals surface area contributed by atoms with Gasteiger partial charge in [-0.1, -0.05) is 0 Å². The van der Waals surface area contributed by atoms with Gasteiger partial charge in [0.15, 0.2) is 0 Å². The molecule has 1 aliphatic heterocycles. The molecule has 0 radical (unpaired) electrons. The highest BCUT2D eigenvalue weighted by atomic mass is 19.1. The van der Waals surface area contributed by atoms with Crippen LogP contribution in [0.4, 0.5) is 9.18 Å². The lowest BCUT2D eigenvalue weighted by Crippen LogP contribution is -2.41. The topological polar surface area (TPSA) is 84.4 Å². The van der Waals surface area contributed by atoms with E-state index in [2.05, 4.69) is 4.74 Å². The zero-order chi connectivity index (χ0) is 13.3. The first-order valence-electron chi connectivity index (χ1n) is 5.40. The van der Waals surface area contributed by atoms with Gasteiger partial charge in [-0.3, -0.25) is 19.2 Å². The Morgan fingerprint density at radius 1 is 1.56 bits per heavy atom. The number of amides is 1. The quantitative estimate of drug-likeness (QED) is 0.769. The van der Waals surface area contributed by atoms with Gasteiger partial charge in [-0.05, 0) is 12.8 Å². The van der Waals surface area contributed by atoms with E-state index < -0.39 is 29.3 Å². The number of methoxy groups -OCH3 is 1. The van der Waals surface area contributed by atoms with E-state index in [1.165, 1.54) is 12.0 Å². The van der Waals surface area contributed by atoms with Gasteiger partial charge in [0.2, 0.25) is 5.82 Å². The van der Waals surface area contributed by atoms with E-state index in [0.29, 0.717) is 19.4 Å². The van der Waals surface area contributed by atoms with Crippen LogP contribution >= 0.6 is 0 Å². The number of carbonyl (C=O) groups is 1. The first-order valence-corrected chi connectivity index (χ1v) is 5.40. The summed E-state index contributed by atoms with van der Waals surface area (Å²) in [6.07, 6.45) is 0.771. The largest absolute Gasteiger partial charge is 0.453 e. The number of nitrogens with one attached hydrogen (secondary N) is 1. The number of hydrogen-bond acceptors (Lipinski definition) is 4. The highest BCUT2D eigenvalue weighted by Crippen LogP contribution is 2.25. The number of carbonyl (C=O) groups excluding carboxylic acids is 1. The highest BCUT2D eigenvalue weighted by Gasteiger charge is 2.31. The van der Waals surface area contributed by atoms with E-state index in [0.717, 1.165) is 10.8 Å². The second-order valence-corrected chi connectivity index (χ2v) is 3.93. The summed E-state index contributed by atoms with van der Waals surface area (Å²) in [5.74, 6) is -1.06. The first kappa shape index (κ1) is 12.3. The monoisotopic (exact) mass is 257 g/mol. The molecule has 1 aromatic rings. The summed E-state index contributed by atoms with van der Waals surface area (Å²) < 4.78 is 18.8. The number of aromatic amines is 1. The maximum absolute atomic E-state index is 13.2. The van der Waals surface area contributed by atoms with Crippen molar-refractivity contribution in [1.82, 2.24) is 14.5 Å². The van der Waals surface area contributed by atoms with Crippen LogP contribution in [0.15, 0.2) is 15.8 Å². The number of aromatic nitrogens is 2. The second-order valence-electron chi connectivity index (χ2n) is 3.93. The van der Waals surface area contributed by atoms with Crippen LogP contribution in [0.1, 0.15) is 19.0 Å². The lowest BCUT2D eigenvalue weighted by Gasteiger charge is -2.24. The zero-order valence-corrected chi connectivity index (χ0v) is 9.68. The number of halogens is 1. The van der Waals surface area contributed by atoms with Crippen LogP contribution in [0, 0.1) is 5.82 Å². The molecule has 1 aliphatic rings. The van der Waals surface area contributed by atoms with E-state index in [1.807, 2.05) is 4.98 Å². The van der Waals surface area contributed by atoms with Gasteiger partial charge in [0.1, 0.15) is 6.17 Å². The molecule has 1 aromatic heterocycles. The van der Waals surface area contributed by atoms with Gasteiger partial charge in [0.25, 0.3) is 5.56 Å². The smallest absolute Gasteiger partial charge is 0.411 e. The maximum Gasteiger partial charge on any atom is 0.411 e. The predicted octanol–water partition coefficient (Wildman–Crippen LogP) is 0.0365. The third kappa shape index (κ3) is 2.01. The molecular weight excluding hydrogens is 245 g/mol. The van der Waals surface area contributed by atoms with Crippen molar-refractivity contribution >= 4 is 6.09 Å². The summed E-state index contributed by atoms with van der Waals surface area (Å²) in [6, 6.07) is 0. The minimum atomic E-state index is -1.07. The Kier molecular flexibility index (Phi) is 3.17. The van der Waals surface area contributed by atoms with Gasteiger partial charge >= 0.3 is 11.8 Å². The summed E-state index contributed by atoms with van der Waals surface area (Å²) in [4.78, 5) is 37.2. The van der Waals surface area contributed by atoms with Crippen LogP contribution in [0.2, 0.25) is 0 Å². The Labute approximate surface area is 101 Å². The Hall–Kier alpha value is -2.12. The molecule has 0 saturated carbocycles. The normalized spacial score (nSPS) is 19.0. The summed E-state index contributed by atoms with van der Waals surface area (Å²) in [5, 5.41) is 0. The Morgan fingerprint density at radius 2 is 2.28 bits per heavy atom. The van der Waals surface area contributed by atoms with Crippen molar-refractivity contribution in [3.05, 3.63) is 32.9 Å². The standard InChI is InChI=1S/C10H12FN3O4/c1-18-10(17)13-4-2-3-7(13)14-5-6(11)8(15)12-9(14)16/h5,7H,2-4H2,1H3,(H,12,15,16)/t7-/m0/s1. The van der Waals surface area contributed by atoms with Gasteiger partial charge in [0, 0.05) is 6.54 Å². The highest BCUT2D eigenvalue weighted by molar-refractivity contribution is 5.67. The molecule has 0 bridgehead atoms. The lowest BCUT2D eigenvalue weighted by atomic mass is 10.3. The molecule has 1 atom stereocenters. The summed E-state index contributed by atoms with van der Waals surface area (Å²) >= 11 is 0. The number of ether oxygens (including phenoxy) is 1. The Balaban J connectivity index is 2.42. The average molecular weight is 257 g/mol. The van der Waals surface area contributed by atoms with Gasteiger partial charge < -0.3 is 4.74 Å². The fourth-order valence-electron chi connectivity index (χ4n) is 2.05. The zero-order valence-electron chi connectivity index (χ0n) is 9.68. The van der Waals surface area contributed by atoms with Crippen LogP contribution in [-0.2, 0) is 4.74 Å². The minimum Gasteiger partial charge on any atom is -0.453 e. The predicted molar refractivity (Wildman–Crippen MR) is 58.7 cm³/mol. The molecule has 7 nitrogen and oxygen atoms in total. The van der Waals surface area contributed by atoms with Crippen LogP contribution in [0.25, 0.3) is 0 Å². The van der Waals surface area contributed by atoms with Crippen molar-refractivity contribution in [2.24, 2.45) is 0 Å². The lowest BCUT2D eigenvalue weighted by molar-refractivity contribution is 0.103. The molecule has 1 N–H and O–H groups in total. The third-order valence-electron chi connectivity index (χ3n) is 2.88. The number of rotatable bonds is 1. The molecule has 0 aromatic carbocycles. The first-order chi connectivity index (χ1) is 8.54. The molecule has 0 spiro atoms. The van der Waals surface area contributed by atoms with Crippen molar-refractivity contribution in [2.45, 2.75) is 19.0 Å². The van der Waals surface area contributed by atoms with Gasteiger partial charge in [-0.15, -0.1) is 0 Å². The van der Waals surface area contributed by atoms with Crippen LogP contribution in [-0.4, -0.2) is 34.2 Å². The van der Waals surface area contributed by atoms with Crippen LogP contribution < -0.4 is 11.2 Å². The molecule has 0 aliphatic carbocycles. The second kappa shape index (κ2) is 4.63. The molecule has 98 valence electrons. The fourth-order valence-corrected chi connectivity index (χ4v) is 2.05. The van der Waals surface area contributed by atoms with Gasteiger partial charge in [0.05, 0.1) is 13.3 Å². The van der Waals surface area contributed by atoms with E-state index in [9.17, 15) is 18.8 Å². The summed E-state index contributed by atoms with van der Waals surface area (Å²) in [7, 11) is 1.23. The maximum atomic E-state index is 13.2. The third-order valence-corrected chi connectivity index (χ3v) is 2.88. The number of likely N-dealkylation sites (tertiary alicyclic amines) is 1. The summed E-state index contributed by atoms with van der Waals surface area (Å²) in [6.45, 7) is 0.421. The fraction of sp³-hybridized carbons (Fsp3) is 0.500. The van der Waals surface area contributed by atoms with Crippen LogP contribution in [0.3, 0.4) is 0 Å². The Bertz CT molecular complexity index is 579. The molecule has 0 unspecified atom stereocenters. The van der Waals surface area contributed by atoms with Gasteiger partial charge in [-0.25, -0.2) is 9.59 Å². The molecule has 2 heterocycles. The molecule has 1 fully saturated rings. The minimum absolute atomic E-state index is 0.421. The molecular formula is C10H12FN3O4. The van der Waals surface area contributed by atoms with Crippen molar-refractivity contribution in [1.29, 1.82) is 0 Å². The molecule has 8 heteroatoms. The van der Waals surface area contributed by atoms with E-state index in [1.54, 1.807) is 0 Å².